The van der Waals surface area contributed by atoms with Crippen LogP contribution in [0.4, 0.5) is 5.69 Å². The number of carbonyl (C=O) groups excluding carboxylic acids is 1. The molecule has 0 bridgehead atoms. The second kappa shape index (κ2) is 14.9. The molecule has 29 heavy (non-hydrogen) atoms. The van der Waals surface area contributed by atoms with Gasteiger partial charge in [0.2, 0.25) is 5.91 Å². The van der Waals surface area contributed by atoms with E-state index in [-0.39, 0.29) is 24.6 Å². The van der Waals surface area contributed by atoms with Crippen LogP contribution < -0.4 is 5.32 Å². The molecule has 0 aromatic heterocycles. The van der Waals surface area contributed by atoms with Crippen LogP contribution in [0.1, 0.15) is 76.7 Å². The van der Waals surface area contributed by atoms with Gasteiger partial charge in [0.05, 0.1) is 30.1 Å². The largest absolute Gasteiger partial charge is 0.394 e. The number of non-ortho nitro benzene ring substituents is 1. The number of hydrogen-bond donors (Lipinski definition) is 3. The highest BCUT2D eigenvalue weighted by Gasteiger charge is 2.20. The van der Waals surface area contributed by atoms with Crippen molar-refractivity contribution in [3.05, 3.63) is 39.9 Å². The van der Waals surface area contributed by atoms with Crippen LogP contribution >= 0.6 is 0 Å². The summed E-state index contributed by atoms with van der Waals surface area (Å²) in [7, 11) is 0. The van der Waals surface area contributed by atoms with Gasteiger partial charge in [-0.1, -0.05) is 76.8 Å². The van der Waals surface area contributed by atoms with Crippen molar-refractivity contribution >= 4 is 11.6 Å². The van der Waals surface area contributed by atoms with E-state index < -0.39 is 17.1 Å². The van der Waals surface area contributed by atoms with Crippen molar-refractivity contribution in [2.75, 3.05) is 6.61 Å². The fourth-order valence-corrected chi connectivity index (χ4v) is 3.31. The van der Waals surface area contributed by atoms with Crippen molar-refractivity contribution < 1.29 is 19.9 Å². The first-order valence-electron chi connectivity index (χ1n) is 10.8. The summed E-state index contributed by atoms with van der Waals surface area (Å²) >= 11 is 0. The molecule has 2 atom stereocenters. The first-order valence-corrected chi connectivity index (χ1v) is 10.8. The number of rotatable bonds is 16. The Morgan fingerprint density at radius 2 is 1.59 bits per heavy atom. The number of hydrogen-bond acceptors (Lipinski definition) is 5. The van der Waals surface area contributed by atoms with E-state index in [1.54, 1.807) is 0 Å². The lowest BCUT2D eigenvalue weighted by molar-refractivity contribution is -0.384. The zero-order valence-electron chi connectivity index (χ0n) is 17.5. The van der Waals surface area contributed by atoms with Crippen LogP contribution in [0.15, 0.2) is 24.3 Å². The summed E-state index contributed by atoms with van der Waals surface area (Å²) in [6.07, 6.45) is 10.5. The first kappa shape index (κ1) is 25.0. The Labute approximate surface area is 173 Å². The predicted octanol–water partition coefficient (Wildman–Crippen LogP) is 3.90. The Kier molecular flexibility index (Phi) is 12.9. The van der Waals surface area contributed by atoms with Gasteiger partial charge in [-0.05, 0) is 12.0 Å². The molecule has 7 heteroatoms. The van der Waals surface area contributed by atoms with Crippen molar-refractivity contribution in [1.82, 2.24) is 5.32 Å². The highest BCUT2D eigenvalue weighted by molar-refractivity contribution is 5.79. The van der Waals surface area contributed by atoms with Crippen LogP contribution in [0, 0.1) is 10.1 Å². The summed E-state index contributed by atoms with van der Waals surface area (Å²) < 4.78 is 0. The molecule has 7 nitrogen and oxygen atoms in total. The molecule has 164 valence electrons. The van der Waals surface area contributed by atoms with Crippen LogP contribution in [-0.4, -0.2) is 39.8 Å². The van der Waals surface area contributed by atoms with Gasteiger partial charge < -0.3 is 15.5 Å². The van der Waals surface area contributed by atoms with E-state index >= 15 is 0 Å². The van der Waals surface area contributed by atoms with Crippen LogP contribution in [0.25, 0.3) is 0 Å². The molecule has 0 saturated carbocycles. The summed E-state index contributed by atoms with van der Waals surface area (Å²) in [5.41, 5.74) is 0.608. The second-order valence-electron chi connectivity index (χ2n) is 7.64. The Bertz CT molecular complexity index is 591. The van der Waals surface area contributed by atoms with E-state index in [2.05, 4.69) is 12.2 Å². The first-order chi connectivity index (χ1) is 14.0. The molecule has 0 heterocycles. The average molecular weight is 409 g/mol. The zero-order chi connectivity index (χ0) is 21.5. The number of aliphatic hydroxyl groups excluding tert-OH is 2. The molecule has 0 aliphatic carbocycles. The molecule has 0 saturated heterocycles. The number of nitro benzene ring substituents is 1. The van der Waals surface area contributed by atoms with Gasteiger partial charge in [-0.2, -0.15) is 0 Å². The average Bonchev–Trinajstić information content (AvgIpc) is 2.71. The smallest absolute Gasteiger partial charge is 0.269 e. The summed E-state index contributed by atoms with van der Waals surface area (Å²) in [5, 5.41) is 33.1. The Morgan fingerprint density at radius 3 is 2.10 bits per heavy atom. The minimum Gasteiger partial charge on any atom is -0.394 e. The summed E-state index contributed by atoms with van der Waals surface area (Å²) in [5.74, 6) is -0.330. The standard InChI is InChI=1S/C22H36N2O5/c1-2-3-4-5-6-7-8-9-10-11-21(26)20(17-25)23-22(27)16-18-12-14-19(15-13-18)24(28)29/h12-15,20-21,25-26H,2-11,16-17H2,1H3,(H,23,27). The van der Waals surface area contributed by atoms with Crippen LogP contribution in [0.2, 0.25) is 0 Å². The number of amides is 1. The topological polar surface area (TPSA) is 113 Å². The van der Waals surface area contributed by atoms with Gasteiger partial charge in [0.15, 0.2) is 0 Å². The molecule has 1 rings (SSSR count). The third-order valence-electron chi connectivity index (χ3n) is 5.12. The van der Waals surface area contributed by atoms with Gasteiger partial charge in [-0.25, -0.2) is 0 Å². The number of benzene rings is 1. The summed E-state index contributed by atoms with van der Waals surface area (Å²) in [6.45, 7) is 1.88. The lowest BCUT2D eigenvalue weighted by Crippen LogP contribution is -2.46. The van der Waals surface area contributed by atoms with Crippen molar-refractivity contribution in [2.24, 2.45) is 0 Å². The summed E-state index contributed by atoms with van der Waals surface area (Å²) in [4.78, 5) is 22.3. The number of nitrogens with one attached hydrogen (secondary N) is 1. The number of unbranched alkanes of at least 4 members (excludes halogenated alkanes) is 8. The normalized spacial score (nSPS) is 13.1. The van der Waals surface area contributed by atoms with E-state index in [0.29, 0.717) is 12.0 Å². The quantitative estimate of drug-likeness (QED) is 0.218. The Hall–Kier alpha value is -1.99. The minimum atomic E-state index is -0.787. The van der Waals surface area contributed by atoms with Crippen molar-refractivity contribution in [1.29, 1.82) is 0 Å². The molecule has 0 spiro atoms. The molecule has 1 aromatic carbocycles. The lowest BCUT2D eigenvalue weighted by atomic mass is 10.0. The van der Waals surface area contributed by atoms with Gasteiger partial charge in [0.25, 0.3) is 5.69 Å². The van der Waals surface area contributed by atoms with Gasteiger partial charge in [-0.3, -0.25) is 14.9 Å². The molecule has 2 unspecified atom stereocenters. The maximum Gasteiger partial charge on any atom is 0.269 e. The molecule has 1 amide bonds. The van der Waals surface area contributed by atoms with E-state index in [1.807, 2.05) is 0 Å². The van der Waals surface area contributed by atoms with Crippen LogP contribution in [0.5, 0.6) is 0 Å². The Morgan fingerprint density at radius 1 is 1.03 bits per heavy atom. The number of nitro groups is 1. The van der Waals surface area contributed by atoms with Gasteiger partial charge >= 0.3 is 0 Å². The van der Waals surface area contributed by atoms with Crippen molar-refractivity contribution in [3.8, 4) is 0 Å². The van der Waals surface area contributed by atoms with Crippen LogP contribution in [0.3, 0.4) is 0 Å². The highest BCUT2D eigenvalue weighted by Crippen LogP contribution is 2.14. The number of aliphatic hydroxyl groups is 2. The van der Waals surface area contributed by atoms with E-state index in [1.165, 1.54) is 62.8 Å². The maximum absolute atomic E-state index is 12.2. The fourth-order valence-electron chi connectivity index (χ4n) is 3.31. The Balaban J connectivity index is 2.25. The monoisotopic (exact) mass is 408 g/mol. The predicted molar refractivity (Wildman–Crippen MR) is 114 cm³/mol. The van der Waals surface area contributed by atoms with E-state index in [0.717, 1.165) is 19.3 Å². The van der Waals surface area contributed by atoms with Crippen molar-refractivity contribution in [2.45, 2.75) is 89.7 Å². The van der Waals surface area contributed by atoms with Crippen molar-refractivity contribution in [3.63, 3.8) is 0 Å². The van der Waals surface area contributed by atoms with Gasteiger partial charge in [0.1, 0.15) is 0 Å². The molecule has 0 aliphatic heterocycles. The molecular weight excluding hydrogens is 372 g/mol. The zero-order valence-corrected chi connectivity index (χ0v) is 17.5. The fraction of sp³-hybridized carbons (Fsp3) is 0.682. The maximum atomic E-state index is 12.2. The third kappa shape index (κ3) is 10.9. The number of carbonyl (C=O) groups is 1. The van der Waals surface area contributed by atoms with Gasteiger partial charge in [-0.15, -0.1) is 0 Å². The molecule has 0 fully saturated rings. The molecule has 0 aliphatic rings. The highest BCUT2D eigenvalue weighted by atomic mass is 16.6. The van der Waals surface area contributed by atoms with E-state index in [4.69, 9.17) is 0 Å². The third-order valence-corrected chi connectivity index (χ3v) is 5.12. The van der Waals surface area contributed by atoms with Crippen LogP contribution in [-0.2, 0) is 11.2 Å². The SMILES string of the molecule is CCCCCCCCCCCC(O)C(CO)NC(=O)Cc1ccc([N+](=O)[O-])cc1. The van der Waals surface area contributed by atoms with Gasteiger partial charge in [0, 0.05) is 12.1 Å². The molecule has 0 radical (unpaired) electrons. The second-order valence-corrected chi connectivity index (χ2v) is 7.64. The summed E-state index contributed by atoms with van der Waals surface area (Å²) in [6, 6.07) is 5.07. The molecule has 3 N–H and O–H groups in total. The lowest BCUT2D eigenvalue weighted by Gasteiger charge is -2.22. The number of nitrogens with zero attached hydrogens (tertiary/aromatic N) is 1. The van der Waals surface area contributed by atoms with E-state index in [9.17, 15) is 25.1 Å². The minimum absolute atomic E-state index is 0.0289. The molecular formula is C22H36N2O5. The molecule has 1 aromatic rings.